The molecule has 0 radical (unpaired) electrons. The molecule has 0 bridgehead atoms. The van der Waals surface area contributed by atoms with E-state index in [9.17, 15) is 14.7 Å². The SMILES string of the molecule is COc1cc(OC)cc(C(C)(C)OC(=O)N[C@@H](COC(C)(C)C)C(=O)[O-])c1. The molecule has 0 spiro atoms. The Morgan fingerprint density at radius 3 is 1.96 bits per heavy atom. The van der Waals surface area contributed by atoms with E-state index in [-0.39, 0.29) is 6.61 Å². The van der Waals surface area contributed by atoms with Gasteiger partial charge in [-0.15, -0.1) is 0 Å². The van der Waals surface area contributed by atoms with Gasteiger partial charge in [-0.3, -0.25) is 0 Å². The Balaban J connectivity index is 2.88. The van der Waals surface area contributed by atoms with Crippen LogP contribution in [0.15, 0.2) is 18.2 Å². The monoisotopic (exact) mass is 382 g/mol. The van der Waals surface area contributed by atoms with Crippen molar-refractivity contribution in [1.82, 2.24) is 5.32 Å². The Morgan fingerprint density at radius 1 is 1.04 bits per heavy atom. The first-order chi connectivity index (χ1) is 12.4. The number of methoxy groups -OCH3 is 2. The molecule has 0 fully saturated rings. The lowest BCUT2D eigenvalue weighted by molar-refractivity contribution is -0.309. The number of carboxylic acids is 1. The highest BCUT2D eigenvalue weighted by molar-refractivity contribution is 5.78. The van der Waals surface area contributed by atoms with Gasteiger partial charge in [0.15, 0.2) is 0 Å². The maximum atomic E-state index is 12.2. The smallest absolute Gasteiger partial charge is 0.408 e. The highest BCUT2D eigenvalue weighted by atomic mass is 16.6. The van der Waals surface area contributed by atoms with E-state index in [1.807, 2.05) is 0 Å². The largest absolute Gasteiger partial charge is 0.548 e. The van der Waals surface area contributed by atoms with Crippen LogP contribution in [0.4, 0.5) is 4.79 Å². The van der Waals surface area contributed by atoms with Crippen LogP contribution in [-0.4, -0.2) is 44.5 Å². The second kappa shape index (κ2) is 8.94. The second-order valence-corrected chi connectivity index (χ2v) is 7.44. The lowest BCUT2D eigenvalue weighted by atomic mass is 9.97. The number of carboxylic acid groups (broad SMARTS) is 1. The van der Waals surface area contributed by atoms with Crippen molar-refractivity contribution in [3.05, 3.63) is 23.8 Å². The van der Waals surface area contributed by atoms with Crippen LogP contribution in [-0.2, 0) is 19.9 Å². The highest BCUT2D eigenvalue weighted by Gasteiger charge is 2.28. The summed E-state index contributed by atoms with van der Waals surface area (Å²) in [6, 6.07) is 3.76. The second-order valence-electron chi connectivity index (χ2n) is 7.44. The summed E-state index contributed by atoms with van der Waals surface area (Å²) in [4.78, 5) is 23.5. The Bertz CT molecular complexity index is 642. The van der Waals surface area contributed by atoms with Crippen molar-refractivity contribution >= 4 is 12.1 Å². The highest BCUT2D eigenvalue weighted by Crippen LogP contribution is 2.32. The zero-order chi connectivity index (χ0) is 20.8. The fraction of sp³-hybridized carbons (Fsp3) is 0.579. The first-order valence-corrected chi connectivity index (χ1v) is 8.46. The number of carbonyl (C=O) groups is 2. The van der Waals surface area contributed by atoms with Crippen molar-refractivity contribution in [2.75, 3.05) is 20.8 Å². The quantitative estimate of drug-likeness (QED) is 0.728. The minimum Gasteiger partial charge on any atom is -0.548 e. The van der Waals surface area contributed by atoms with Crippen LogP contribution in [0.25, 0.3) is 0 Å². The molecular formula is C19H28NO7-. The number of amides is 1. The van der Waals surface area contributed by atoms with Gasteiger partial charge in [0, 0.05) is 11.6 Å². The number of rotatable bonds is 8. The number of carbonyl (C=O) groups excluding carboxylic acids is 2. The predicted octanol–water partition coefficient (Wildman–Crippen LogP) is 1.60. The summed E-state index contributed by atoms with van der Waals surface area (Å²) in [7, 11) is 3.03. The van der Waals surface area contributed by atoms with Gasteiger partial charge >= 0.3 is 6.09 Å². The molecule has 152 valence electrons. The van der Waals surface area contributed by atoms with Gasteiger partial charge in [0.2, 0.25) is 0 Å². The van der Waals surface area contributed by atoms with E-state index >= 15 is 0 Å². The van der Waals surface area contributed by atoms with Gasteiger partial charge in [-0.05, 0) is 46.8 Å². The normalized spacial score (nSPS) is 12.9. The van der Waals surface area contributed by atoms with E-state index in [0.717, 1.165) is 0 Å². The van der Waals surface area contributed by atoms with Gasteiger partial charge in [-0.25, -0.2) is 4.79 Å². The number of benzene rings is 1. The lowest BCUT2D eigenvalue weighted by Crippen LogP contribution is -2.52. The number of ether oxygens (including phenoxy) is 4. The fourth-order valence-corrected chi connectivity index (χ4v) is 2.12. The molecule has 0 saturated carbocycles. The van der Waals surface area contributed by atoms with Gasteiger partial charge in [0.05, 0.1) is 38.4 Å². The van der Waals surface area contributed by atoms with E-state index in [0.29, 0.717) is 17.1 Å². The van der Waals surface area contributed by atoms with Crippen LogP contribution in [0, 0.1) is 0 Å². The van der Waals surface area contributed by atoms with Crippen molar-refractivity contribution < 1.29 is 33.6 Å². The first kappa shape index (κ1) is 22.6. The molecule has 1 aromatic carbocycles. The summed E-state index contributed by atoms with van der Waals surface area (Å²) in [5, 5.41) is 13.5. The van der Waals surface area contributed by atoms with Crippen molar-refractivity contribution in [2.45, 2.75) is 51.9 Å². The molecule has 1 aromatic rings. The molecule has 1 N–H and O–H groups in total. The number of hydrogen-bond acceptors (Lipinski definition) is 7. The van der Waals surface area contributed by atoms with Crippen LogP contribution in [0.5, 0.6) is 11.5 Å². The van der Waals surface area contributed by atoms with E-state index in [4.69, 9.17) is 18.9 Å². The van der Waals surface area contributed by atoms with Crippen LogP contribution < -0.4 is 19.9 Å². The van der Waals surface area contributed by atoms with Crippen molar-refractivity contribution in [3.8, 4) is 11.5 Å². The number of aliphatic carboxylic acids is 1. The standard InChI is InChI=1S/C19H29NO7/c1-18(2,3)26-11-15(16(21)22)20-17(23)27-19(4,5)12-8-13(24-6)10-14(9-12)25-7/h8-10,15H,11H2,1-7H3,(H,20,23)(H,21,22)/p-1/t15-/m0/s1. The molecule has 0 aliphatic rings. The number of alkyl carbamates (subject to hydrolysis) is 1. The van der Waals surface area contributed by atoms with Crippen LogP contribution >= 0.6 is 0 Å². The molecule has 0 saturated heterocycles. The number of nitrogens with one attached hydrogen (secondary N) is 1. The third kappa shape index (κ3) is 7.34. The molecule has 1 atom stereocenters. The summed E-state index contributed by atoms with van der Waals surface area (Å²) in [6.45, 7) is 8.42. The minimum atomic E-state index is -1.46. The van der Waals surface area contributed by atoms with Crippen LogP contribution in [0.1, 0.15) is 40.2 Å². The predicted molar refractivity (Wildman–Crippen MR) is 96.7 cm³/mol. The third-order valence-electron chi connectivity index (χ3n) is 3.65. The first-order valence-electron chi connectivity index (χ1n) is 8.46. The van der Waals surface area contributed by atoms with Crippen molar-refractivity contribution in [1.29, 1.82) is 0 Å². The Hall–Kier alpha value is -2.48. The maximum absolute atomic E-state index is 12.2. The Kier molecular flexibility index (Phi) is 7.47. The molecule has 8 heteroatoms. The molecule has 0 aliphatic heterocycles. The topological polar surface area (TPSA) is 106 Å². The van der Waals surface area contributed by atoms with E-state index < -0.39 is 29.3 Å². The number of hydrogen-bond donors (Lipinski definition) is 1. The van der Waals surface area contributed by atoms with Gasteiger partial charge in [-0.2, -0.15) is 0 Å². The molecule has 1 rings (SSSR count). The Labute approximate surface area is 159 Å². The van der Waals surface area contributed by atoms with Gasteiger partial charge in [0.1, 0.15) is 17.1 Å². The zero-order valence-corrected chi connectivity index (χ0v) is 16.9. The lowest BCUT2D eigenvalue weighted by Gasteiger charge is -2.29. The summed E-state index contributed by atoms with van der Waals surface area (Å²) in [5.41, 5.74) is -1.02. The van der Waals surface area contributed by atoms with Crippen LogP contribution in [0.3, 0.4) is 0 Å². The summed E-state index contributed by atoms with van der Waals surface area (Å²) in [5.74, 6) is -0.391. The minimum absolute atomic E-state index is 0.242. The average Bonchev–Trinajstić information content (AvgIpc) is 2.56. The molecule has 0 unspecified atom stereocenters. The zero-order valence-electron chi connectivity index (χ0n) is 16.9. The van der Waals surface area contributed by atoms with Gasteiger partial charge in [0.25, 0.3) is 0 Å². The average molecular weight is 382 g/mol. The van der Waals surface area contributed by atoms with E-state index in [1.54, 1.807) is 52.8 Å². The molecule has 27 heavy (non-hydrogen) atoms. The molecule has 8 nitrogen and oxygen atoms in total. The third-order valence-corrected chi connectivity index (χ3v) is 3.65. The molecule has 0 aliphatic carbocycles. The summed E-state index contributed by atoms with van der Waals surface area (Å²) in [6.07, 6.45) is -0.909. The van der Waals surface area contributed by atoms with Crippen molar-refractivity contribution in [3.63, 3.8) is 0 Å². The molecular weight excluding hydrogens is 354 g/mol. The molecule has 0 heterocycles. The van der Waals surface area contributed by atoms with E-state index in [1.165, 1.54) is 14.2 Å². The van der Waals surface area contributed by atoms with Crippen molar-refractivity contribution in [2.24, 2.45) is 0 Å². The molecule has 1 amide bonds. The van der Waals surface area contributed by atoms with E-state index in [2.05, 4.69) is 5.32 Å². The maximum Gasteiger partial charge on any atom is 0.408 e. The van der Waals surface area contributed by atoms with Gasteiger partial charge < -0.3 is 34.2 Å². The fourth-order valence-electron chi connectivity index (χ4n) is 2.12. The van der Waals surface area contributed by atoms with Gasteiger partial charge in [-0.1, -0.05) is 0 Å². The Morgan fingerprint density at radius 2 is 1.56 bits per heavy atom. The van der Waals surface area contributed by atoms with Crippen LogP contribution in [0.2, 0.25) is 0 Å². The summed E-state index contributed by atoms with van der Waals surface area (Å²) < 4.78 is 21.3. The summed E-state index contributed by atoms with van der Waals surface area (Å²) >= 11 is 0. The molecule has 0 aromatic heterocycles.